The number of carbonyl (C=O) groups excluding carboxylic acids is 1. The van der Waals surface area contributed by atoms with Crippen molar-refractivity contribution in [3.63, 3.8) is 0 Å². The summed E-state index contributed by atoms with van der Waals surface area (Å²) >= 11 is 1.72. The third-order valence-electron chi connectivity index (χ3n) is 4.24. The van der Waals surface area contributed by atoms with Crippen molar-refractivity contribution >= 4 is 23.5 Å². The van der Waals surface area contributed by atoms with Crippen molar-refractivity contribution in [1.82, 2.24) is 4.98 Å². The number of nitrogens with zero attached hydrogens (tertiary/aromatic N) is 2. The maximum absolute atomic E-state index is 12.3. The molecule has 2 heterocycles. The number of hydrogen-bond donors (Lipinski definition) is 0. The Morgan fingerprint density at radius 2 is 1.96 bits per heavy atom. The Kier molecular flexibility index (Phi) is 4.06. The second-order valence-electron chi connectivity index (χ2n) is 6.17. The maximum atomic E-state index is 12.3. The van der Waals surface area contributed by atoms with E-state index in [0.717, 1.165) is 27.8 Å². The minimum atomic E-state index is -0.506. The van der Waals surface area contributed by atoms with Crippen LogP contribution in [0.1, 0.15) is 25.0 Å². The standard InChI is InChI=1S/C18H20N2O2S/c1-18(2)15-9-14(10-19-16(15)20(3)17(18)21)23-11-12-5-7-13(22-4)8-6-12/h5-10H,11H2,1-4H3. The molecule has 1 aromatic heterocycles. The summed E-state index contributed by atoms with van der Waals surface area (Å²) in [6, 6.07) is 10.2. The van der Waals surface area contributed by atoms with E-state index in [1.807, 2.05) is 32.2 Å². The molecule has 0 N–H and O–H groups in total. The van der Waals surface area contributed by atoms with Crippen LogP contribution in [-0.4, -0.2) is 25.0 Å². The summed E-state index contributed by atoms with van der Waals surface area (Å²) in [4.78, 5) is 19.5. The highest BCUT2D eigenvalue weighted by Gasteiger charge is 2.43. The van der Waals surface area contributed by atoms with Crippen molar-refractivity contribution in [3.05, 3.63) is 47.7 Å². The molecular formula is C18H20N2O2S. The number of pyridine rings is 1. The number of hydrogen-bond acceptors (Lipinski definition) is 4. The highest BCUT2D eigenvalue weighted by atomic mass is 32.2. The zero-order valence-electron chi connectivity index (χ0n) is 13.8. The summed E-state index contributed by atoms with van der Waals surface area (Å²) in [5.74, 6) is 2.58. The van der Waals surface area contributed by atoms with E-state index in [1.165, 1.54) is 5.56 Å². The molecule has 0 bridgehead atoms. The van der Waals surface area contributed by atoms with Crippen LogP contribution in [0.5, 0.6) is 5.75 Å². The van der Waals surface area contributed by atoms with Crippen molar-refractivity contribution in [1.29, 1.82) is 0 Å². The molecule has 0 fully saturated rings. The van der Waals surface area contributed by atoms with E-state index in [9.17, 15) is 4.79 Å². The normalized spacial score (nSPS) is 15.7. The van der Waals surface area contributed by atoms with E-state index < -0.39 is 5.41 Å². The Morgan fingerprint density at radius 3 is 2.61 bits per heavy atom. The second-order valence-corrected chi connectivity index (χ2v) is 7.22. The van der Waals surface area contributed by atoms with E-state index in [4.69, 9.17) is 4.74 Å². The molecular weight excluding hydrogens is 308 g/mol. The number of amides is 1. The lowest BCUT2D eigenvalue weighted by molar-refractivity contribution is -0.121. The monoisotopic (exact) mass is 328 g/mol. The Morgan fingerprint density at radius 1 is 1.26 bits per heavy atom. The molecule has 2 aromatic rings. The molecule has 0 aliphatic carbocycles. The average Bonchev–Trinajstić information content (AvgIpc) is 2.74. The zero-order valence-corrected chi connectivity index (χ0v) is 14.6. The van der Waals surface area contributed by atoms with Gasteiger partial charge in [-0.15, -0.1) is 11.8 Å². The van der Waals surface area contributed by atoms with Crippen molar-refractivity contribution in [2.24, 2.45) is 0 Å². The molecule has 3 rings (SSSR count). The Hall–Kier alpha value is -2.01. The number of methoxy groups -OCH3 is 1. The summed E-state index contributed by atoms with van der Waals surface area (Å²) < 4.78 is 5.17. The molecule has 1 aliphatic heterocycles. The summed E-state index contributed by atoms with van der Waals surface area (Å²) in [5, 5.41) is 0. The second kappa shape index (κ2) is 5.89. The van der Waals surface area contributed by atoms with E-state index in [1.54, 1.807) is 30.8 Å². The summed E-state index contributed by atoms with van der Waals surface area (Å²) in [7, 11) is 3.45. The first kappa shape index (κ1) is 15.9. The predicted octanol–water partition coefficient (Wildman–Crippen LogP) is 3.64. The number of aromatic nitrogens is 1. The van der Waals surface area contributed by atoms with Gasteiger partial charge in [0.25, 0.3) is 0 Å². The summed E-state index contributed by atoms with van der Waals surface area (Å²) in [6.45, 7) is 3.91. The van der Waals surface area contributed by atoms with Gasteiger partial charge in [0.05, 0.1) is 12.5 Å². The molecule has 0 radical (unpaired) electrons. The van der Waals surface area contributed by atoms with Gasteiger partial charge in [-0.05, 0) is 37.6 Å². The zero-order chi connectivity index (χ0) is 16.6. The van der Waals surface area contributed by atoms with Crippen molar-refractivity contribution in [2.45, 2.75) is 29.9 Å². The van der Waals surface area contributed by atoms with Crippen LogP contribution < -0.4 is 9.64 Å². The first-order chi connectivity index (χ1) is 10.9. The topological polar surface area (TPSA) is 42.4 Å². The van der Waals surface area contributed by atoms with Crippen LogP contribution in [0, 0.1) is 0 Å². The smallest absolute Gasteiger partial charge is 0.238 e. The van der Waals surface area contributed by atoms with Gasteiger partial charge in [-0.2, -0.15) is 0 Å². The van der Waals surface area contributed by atoms with Crippen LogP contribution in [-0.2, 0) is 16.0 Å². The quantitative estimate of drug-likeness (QED) is 0.804. The molecule has 1 aromatic carbocycles. The largest absolute Gasteiger partial charge is 0.497 e. The van der Waals surface area contributed by atoms with E-state index >= 15 is 0 Å². The number of likely N-dealkylation sites (N-methyl/N-ethyl adjacent to an activating group) is 1. The van der Waals surface area contributed by atoms with Crippen molar-refractivity contribution < 1.29 is 9.53 Å². The SMILES string of the molecule is COc1ccc(CSc2cnc3c(c2)C(C)(C)C(=O)N3C)cc1. The van der Waals surface area contributed by atoms with Crippen LogP contribution in [0.3, 0.4) is 0 Å². The van der Waals surface area contributed by atoms with Crippen LogP contribution >= 0.6 is 11.8 Å². The molecule has 120 valence electrons. The molecule has 0 atom stereocenters. The lowest BCUT2D eigenvalue weighted by atomic mass is 9.87. The number of carbonyl (C=O) groups is 1. The van der Waals surface area contributed by atoms with Crippen molar-refractivity contribution in [2.75, 3.05) is 19.1 Å². The molecule has 4 nitrogen and oxygen atoms in total. The average molecular weight is 328 g/mol. The first-order valence-corrected chi connectivity index (χ1v) is 8.46. The Labute approximate surface area is 140 Å². The Balaban J connectivity index is 1.78. The fraction of sp³-hybridized carbons (Fsp3) is 0.333. The van der Waals surface area contributed by atoms with Gasteiger partial charge in [0.15, 0.2) is 0 Å². The third-order valence-corrected chi connectivity index (χ3v) is 5.27. The van der Waals surface area contributed by atoms with Gasteiger partial charge in [-0.3, -0.25) is 9.69 Å². The van der Waals surface area contributed by atoms with Gasteiger partial charge in [0.2, 0.25) is 5.91 Å². The summed E-state index contributed by atoms with van der Waals surface area (Å²) in [6.07, 6.45) is 1.85. The van der Waals surface area contributed by atoms with Crippen LogP contribution in [0.4, 0.5) is 5.82 Å². The molecule has 0 spiro atoms. The number of fused-ring (bicyclic) bond motifs is 1. The fourth-order valence-electron chi connectivity index (χ4n) is 2.76. The molecule has 1 amide bonds. The van der Waals surface area contributed by atoms with Crippen molar-refractivity contribution in [3.8, 4) is 5.75 Å². The lowest BCUT2D eigenvalue weighted by Gasteiger charge is -2.16. The number of thioether (sulfide) groups is 1. The molecule has 0 saturated heterocycles. The van der Waals surface area contributed by atoms with Gasteiger partial charge < -0.3 is 4.74 Å². The van der Waals surface area contributed by atoms with Crippen LogP contribution in [0.25, 0.3) is 0 Å². The minimum absolute atomic E-state index is 0.0947. The minimum Gasteiger partial charge on any atom is -0.497 e. The molecule has 0 unspecified atom stereocenters. The number of ether oxygens (including phenoxy) is 1. The first-order valence-electron chi connectivity index (χ1n) is 7.48. The van der Waals surface area contributed by atoms with Gasteiger partial charge in [0.1, 0.15) is 11.6 Å². The maximum Gasteiger partial charge on any atom is 0.238 e. The predicted molar refractivity (Wildman–Crippen MR) is 93.2 cm³/mol. The van der Waals surface area contributed by atoms with Gasteiger partial charge in [0, 0.05) is 29.5 Å². The lowest BCUT2D eigenvalue weighted by Crippen LogP contribution is -2.33. The number of anilines is 1. The third kappa shape index (κ3) is 2.81. The number of benzene rings is 1. The van der Waals surface area contributed by atoms with Crippen LogP contribution in [0.15, 0.2) is 41.4 Å². The Bertz CT molecular complexity index is 741. The number of rotatable bonds is 4. The molecule has 23 heavy (non-hydrogen) atoms. The van der Waals surface area contributed by atoms with Gasteiger partial charge in [-0.1, -0.05) is 12.1 Å². The van der Waals surface area contributed by atoms with Crippen LogP contribution in [0.2, 0.25) is 0 Å². The highest BCUT2D eigenvalue weighted by molar-refractivity contribution is 7.98. The highest BCUT2D eigenvalue weighted by Crippen LogP contribution is 2.41. The van der Waals surface area contributed by atoms with E-state index in [2.05, 4.69) is 23.2 Å². The summed E-state index contributed by atoms with van der Waals surface area (Å²) in [5.41, 5.74) is 1.72. The molecule has 0 saturated carbocycles. The fourth-order valence-corrected chi connectivity index (χ4v) is 3.62. The van der Waals surface area contributed by atoms with E-state index in [0.29, 0.717) is 0 Å². The molecule has 1 aliphatic rings. The van der Waals surface area contributed by atoms with Gasteiger partial charge in [-0.25, -0.2) is 4.98 Å². The molecule has 5 heteroatoms. The van der Waals surface area contributed by atoms with E-state index in [-0.39, 0.29) is 5.91 Å². The van der Waals surface area contributed by atoms with Gasteiger partial charge >= 0.3 is 0 Å².